The maximum absolute atomic E-state index is 11.1. The third-order valence-corrected chi connectivity index (χ3v) is 1.28. The minimum absolute atomic E-state index is 0.0231. The van der Waals surface area contributed by atoms with E-state index in [2.05, 4.69) is 4.98 Å². The highest BCUT2D eigenvalue weighted by Gasteiger charge is 1.97. The Balaban J connectivity index is 2.86. The maximum atomic E-state index is 11.1. The molecular formula is C9H9NO. The third-order valence-electron chi connectivity index (χ3n) is 1.28. The average molecular weight is 147 g/mol. The van der Waals surface area contributed by atoms with Gasteiger partial charge >= 0.3 is 0 Å². The van der Waals surface area contributed by atoms with Crippen molar-refractivity contribution in [2.75, 3.05) is 0 Å². The zero-order chi connectivity index (χ0) is 8.10. The molecule has 0 atom stereocenters. The fourth-order valence-corrected chi connectivity index (χ4v) is 0.764. The monoisotopic (exact) mass is 147 g/mol. The summed E-state index contributed by atoms with van der Waals surface area (Å²) in [6.07, 6.45) is 6.48. The Bertz CT molecular complexity index is 264. The van der Waals surface area contributed by atoms with Crippen molar-refractivity contribution in [1.29, 1.82) is 0 Å². The summed E-state index contributed by atoms with van der Waals surface area (Å²) in [5.74, 6) is 0.0231. The fraction of sp³-hybridized carbons (Fsp3) is 0.111. The predicted molar refractivity (Wildman–Crippen MR) is 43.4 cm³/mol. The van der Waals surface area contributed by atoms with Gasteiger partial charge in [0.2, 0.25) is 0 Å². The zero-order valence-corrected chi connectivity index (χ0v) is 6.32. The van der Waals surface area contributed by atoms with E-state index >= 15 is 0 Å². The number of rotatable bonds is 2. The third kappa shape index (κ3) is 2.00. The molecule has 1 aromatic heterocycles. The molecule has 2 heteroatoms. The highest BCUT2D eigenvalue weighted by Crippen LogP contribution is 1.98. The molecule has 0 spiro atoms. The first-order valence-electron chi connectivity index (χ1n) is 3.41. The van der Waals surface area contributed by atoms with Crippen molar-refractivity contribution in [1.82, 2.24) is 4.98 Å². The van der Waals surface area contributed by atoms with E-state index in [0.717, 1.165) is 0 Å². The van der Waals surface area contributed by atoms with Gasteiger partial charge in [0.1, 0.15) is 0 Å². The van der Waals surface area contributed by atoms with Gasteiger partial charge < -0.3 is 0 Å². The van der Waals surface area contributed by atoms with Crippen LogP contribution in [0.3, 0.4) is 0 Å². The van der Waals surface area contributed by atoms with Gasteiger partial charge in [-0.15, -0.1) is 0 Å². The van der Waals surface area contributed by atoms with Gasteiger partial charge in [0.25, 0.3) is 0 Å². The molecule has 1 rings (SSSR count). The van der Waals surface area contributed by atoms with E-state index in [0.29, 0.717) is 5.56 Å². The van der Waals surface area contributed by atoms with Crippen molar-refractivity contribution in [2.24, 2.45) is 0 Å². The average Bonchev–Trinajstić information content (AvgIpc) is 2.07. The Labute approximate surface area is 65.6 Å². The van der Waals surface area contributed by atoms with Crippen LogP contribution in [-0.2, 0) is 0 Å². The van der Waals surface area contributed by atoms with Crippen LogP contribution < -0.4 is 0 Å². The standard InChI is InChI=1S/C9H9NO/c1-2-3-9(11)8-4-6-10-7-5-8/h2-7H,1H3/b3-2-. The van der Waals surface area contributed by atoms with Crippen LogP contribution in [0.25, 0.3) is 0 Å². The van der Waals surface area contributed by atoms with Gasteiger partial charge in [0, 0.05) is 18.0 Å². The summed E-state index contributed by atoms with van der Waals surface area (Å²) in [5.41, 5.74) is 0.679. The number of hydrogen-bond acceptors (Lipinski definition) is 2. The van der Waals surface area contributed by atoms with Crippen LogP contribution >= 0.6 is 0 Å². The normalized spacial score (nSPS) is 10.3. The Morgan fingerprint density at radius 1 is 1.45 bits per heavy atom. The van der Waals surface area contributed by atoms with Crippen molar-refractivity contribution in [2.45, 2.75) is 6.92 Å². The van der Waals surface area contributed by atoms with E-state index in [1.807, 2.05) is 6.92 Å². The Kier molecular flexibility index (Phi) is 2.55. The Morgan fingerprint density at radius 3 is 2.64 bits per heavy atom. The summed E-state index contributed by atoms with van der Waals surface area (Å²) < 4.78 is 0. The second-order valence-corrected chi connectivity index (χ2v) is 2.10. The molecule has 0 bridgehead atoms. The number of hydrogen-bond donors (Lipinski definition) is 0. The summed E-state index contributed by atoms with van der Waals surface area (Å²) >= 11 is 0. The highest BCUT2D eigenvalue weighted by atomic mass is 16.1. The molecular weight excluding hydrogens is 138 g/mol. The van der Waals surface area contributed by atoms with Crippen LogP contribution in [0.1, 0.15) is 17.3 Å². The number of pyridine rings is 1. The van der Waals surface area contributed by atoms with E-state index in [1.165, 1.54) is 6.08 Å². The number of allylic oxidation sites excluding steroid dienone is 2. The van der Waals surface area contributed by atoms with Crippen LogP contribution in [0.2, 0.25) is 0 Å². The second kappa shape index (κ2) is 3.66. The molecule has 1 aromatic rings. The molecule has 0 aliphatic rings. The molecule has 2 nitrogen and oxygen atoms in total. The zero-order valence-electron chi connectivity index (χ0n) is 6.32. The first-order chi connectivity index (χ1) is 5.34. The van der Waals surface area contributed by atoms with Crippen LogP contribution in [-0.4, -0.2) is 10.8 Å². The van der Waals surface area contributed by atoms with Gasteiger partial charge in [0.15, 0.2) is 5.78 Å². The van der Waals surface area contributed by atoms with Crippen LogP contribution in [0, 0.1) is 0 Å². The quantitative estimate of drug-likeness (QED) is 0.472. The molecule has 0 aromatic carbocycles. The van der Waals surface area contributed by atoms with Crippen molar-refractivity contribution in [3.8, 4) is 0 Å². The summed E-state index contributed by atoms with van der Waals surface area (Å²) in [6, 6.07) is 3.39. The van der Waals surface area contributed by atoms with E-state index in [-0.39, 0.29) is 5.78 Å². The minimum atomic E-state index is 0.0231. The van der Waals surface area contributed by atoms with Crippen molar-refractivity contribution in [3.05, 3.63) is 42.2 Å². The van der Waals surface area contributed by atoms with E-state index in [1.54, 1.807) is 30.6 Å². The van der Waals surface area contributed by atoms with Crippen molar-refractivity contribution < 1.29 is 4.79 Å². The molecule has 0 aliphatic heterocycles. The van der Waals surface area contributed by atoms with E-state index in [9.17, 15) is 4.79 Å². The molecule has 0 fully saturated rings. The Hall–Kier alpha value is -1.44. The molecule has 0 radical (unpaired) electrons. The molecule has 56 valence electrons. The van der Waals surface area contributed by atoms with E-state index < -0.39 is 0 Å². The van der Waals surface area contributed by atoms with Crippen LogP contribution in [0.5, 0.6) is 0 Å². The summed E-state index contributed by atoms with van der Waals surface area (Å²) in [6.45, 7) is 1.82. The van der Waals surface area contributed by atoms with Gasteiger partial charge in [-0.2, -0.15) is 0 Å². The molecule has 0 saturated heterocycles. The molecule has 0 aliphatic carbocycles. The summed E-state index contributed by atoms with van der Waals surface area (Å²) in [7, 11) is 0. The van der Waals surface area contributed by atoms with Gasteiger partial charge in [-0.3, -0.25) is 9.78 Å². The lowest BCUT2D eigenvalue weighted by molar-refractivity contribution is 0.104. The number of ketones is 1. The Morgan fingerprint density at radius 2 is 2.09 bits per heavy atom. The molecule has 0 N–H and O–H groups in total. The first-order valence-corrected chi connectivity index (χ1v) is 3.41. The topological polar surface area (TPSA) is 30.0 Å². The lowest BCUT2D eigenvalue weighted by Crippen LogP contribution is -1.92. The molecule has 0 saturated carbocycles. The van der Waals surface area contributed by atoms with Gasteiger partial charge in [-0.1, -0.05) is 6.08 Å². The van der Waals surface area contributed by atoms with Crippen molar-refractivity contribution in [3.63, 3.8) is 0 Å². The highest BCUT2D eigenvalue weighted by molar-refractivity contribution is 6.04. The van der Waals surface area contributed by atoms with Gasteiger partial charge in [-0.05, 0) is 25.1 Å². The fourth-order valence-electron chi connectivity index (χ4n) is 0.764. The number of carbonyl (C=O) groups excluding carboxylic acids is 1. The summed E-state index contributed by atoms with van der Waals surface area (Å²) in [5, 5.41) is 0. The SMILES string of the molecule is C/C=C\C(=O)c1ccncc1. The van der Waals surface area contributed by atoms with Gasteiger partial charge in [-0.25, -0.2) is 0 Å². The second-order valence-electron chi connectivity index (χ2n) is 2.10. The van der Waals surface area contributed by atoms with Crippen LogP contribution in [0.4, 0.5) is 0 Å². The minimum Gasteiger partial charge on any atom is -0.289 e. The first kappa shape index (κ1) is 7.66. The smallest absolute Gasteiger partial charge is 0.185 e. The lowest BCUT2D eigenvalue weighted by Gasteiger charge is -1.91. The molecule has 1 heterocycles. The molecule has 0 amide bonds. The molecule has 0 unspecified atom stereocenters. The van der Waals surface area contributed by atoms with E-state index in [4.69, 9.17) is 0 Å². The maximum Gasteiger partial charge on any atom is 0.185 e. The predicted octanol–water partition coefficient (Wildman–Crippen LogP) is 1.84. The molecule has 11 heavy (non-hydrogen) atoms. The van der Waals surface area contributed by atoms with Crippen molar-refractivity contribution >= 4 is 5.78 Å². The summed E-state index contributed by atoms with van der Waals surface area (Å²) in [4.78, 5) is 14.9. The van der Waals surface area contributed by atoms with Gasteiger partial charge in [0.05, 0.1) is 0 Å². The lowest BCUT2D eigenvalue weighted by atomic mass is 10.2. The number of carbonyl (C=O) groups is 1. The number of nitrogens with zero attached hydrogens (tertiary/aromatic N) is 1. The van der Waals surface area contributed by atoms with Crippen LogP contribution in [0.15, 0.2) is 36.7 Å². The largest absolute Gasteiger partial charge is 0.289 e. The number of aromatic nitrogens is 1.